The first-order valence-corrected chi connectivity index (χ1v) is 8.43. The molecule has 3 rings (SSSR count). The normalized spacial score (nSPS) is 17.0. The van der Waals surface area contributed by atoms with Crippen LogP contribution in [-0.2, 0) is 5.41 Å². The Hall–Kier alpha value is -1.91. The van der Waals surface area contributed by atoms with Crippen LogP contribution in [0.25, 0.3) is 5.65 Å². The molecule has 0 saturated carbocycles. The van der Waals surface area contributed by atoms with Gasteiger partial charge in [-0.15, -0.1) is 0 Å². The van der Waals surface area contributed by atoms with Gasteiger partial charge in [-0.3, -0.25) is 4.79 Å². The lowest BCUT2D eigenvalue weighted by Crippen LogP contribution is -2.38. The van der Waals surface area contributed by atoms with Gasteiger partial charge in [0.1, 0.15) is 5.69 Å². The van der Waals surface area contributed by atoms with Crippen LogP contribution in [0.1, 0.15) is 62.4 Å². The van der Waals surface area contributed by atoms with Gasteiger partial charge in [0.2, 0.25) is 0 Å². The lowest BCUT2D eigenvalue weighted by molar-refractivity contribution is 0.0691. The number of carbonyl (C=O) groups excluding carboxylic acids is 1. The number of fused-ring (bicyclic) bond motifs is 1. The van der Waals surface area contributed by atoms with Gasteiger partial charge in [0.15, 0.2) is 5.65 Å². The highest BCUT2D eigenvalue weighted by Crippen LogP contribution is 2.23. The number of nitrogens with zero attached hydrogens (tertiary/aromatic N) is 4. The molecule has 0 atom stereocenters. The Bertz CT molecular complexity index is 733. The van der Waals surface area contributed by atoms with Gasteiger partial charge in [-0.2, -0.15) is 5.10 Å². The van der Waals surface area contributed by atoms with Crippen molar-refractivity contribution in [3.05, 3.63) is 29.2 Å². The van der Waals surface area contributed by atoms with E-state index in [0.29, 0.717) is 11.6 Å². The maximum Gasteiger partial charge on any atom is 0.272 e. The molecule has 0 aliphatic carbocycles. The Balaban J connectivity index is 1.94. The molecule has 0 unspecified atom stereocenters. The summed E-state index contributed by atoms with van der Waals surface area (Å²) in [4.78, 5) is 19.2. The Morgan fingerprint density at radius 3 is 2.48 bits per heavy atom. The van der Waals surface area contributed by atoms with E-state index in [1.54, 1.807) is 0 Å². The van der Waals surface area contributed by atoms with E-state index in [-0.39, 0.29) is 11.3 Å². The van der Waals surface area contributed by atoms with Gasteiger partial charge in [0.05, 0.1) is 5.69 Å². The van der Waals surface area contributed by atoms with Gasteiger partial charge in [-0.05, 0) is 31.7 Å². The third-order valence-corrected chi connectivity index (χ3v) is 4.66. The molecule has 0 aromatic carbocycles. The predicted octanol–water partition coefficient (Wildman–Crippen LogP) is 3.21. The SMILES string of the molecule is Cc1cc(C(=O)N2CCC(C)CC2)nc2cc(C(C)(C)C)nn12. The second kappa shape index (κ2) is 5.62. The maximum absolute atomic E-state index is 12.7. The zero-order chi connectivity index (χ0) is 16.8. The summed E-state index contributed by atoms with van der Waals surface area (Å²) in [6.07, 6.45) is 2.15. The molecule has 0 bridgehead atoms. The van der Waals surface area contributed by atoms with Crippen LogP contribution in [0.4, 0.5) is 0 Å². The van der Waals surface area contributed by atoms with Crippen LogP contribution >= 0.6 is 0 Å². The minimum absolute atomic E-state index is 0.0344. The standard InChI is InChI=1S/C18H26N4O/c1-12-6-8-21(9-7-12)17(23)14-10-13(2)22-16(19-14)11-15(20-22)18(3,4)5/h10-12H,6-9H2,1-5H3. The van der Waals surface area contributed by atoms with Crippen LogP contribution in [0.15, 0.2) is 12.1 Å². The van der Waals surface area contributed by atoms with Crippen molar-refractivity contribution in [3.63, 3.8) is 0 Å². The topological polar surface area (TPSA) is 50.5 Å². The molecule has 1 amide bonds. The smallest absolute Gasteiger partial charge is 0.272 e. The van der Waals surface area contributed by atoms with Gasteiger partial charge in [0.25, 0.3) is 5.91 Å². The number of aryl methyl sites for hydroxylation is 1. The number of hydrogen-bond acceptors (Lipinski definition) is 3. The van der Waals surface area contributed by atoms with E-state index < -0.39 is 0 Å². The van der Waals surface area contributed by atoms with Crippen molar-refractivity contribution in [1.29, 1.82) is 0 Å². The Morgan fingerprint density at radius 1 is 1.22 bits per heavy atom. The molecule has 2 aromatic heterocycles. The number of rotatable bonds is 1. The van der Waals surface area contributed by atoms with E-state index in [0.717, 1.165) is 43.0 Å². The van der Waals surface area contributed by atoms with Crippen LogP contribution in [0.2, 0.25) is 0 Å². The quantitative estimate of drug-likeness (QED) is 0.812. The fourth-order valence-corrected chi connectivity index (χ4v) is 2.97. The lowest BCUT2D eigenvalue weighted by Gasteiger charge is -2.30. The number of aromatic nitrogens is 3. The highest BCUT2D eigenvalue weighted by molar-refractivity contribution is 5.93. The summed E-state index contributed by atoms with van der Waals surface area (Å²) in [5, 5.41) is 4.64. The Kier molecular flexibility index (Phi) is 3.90. The molecule has 124 valence electrons. The average Bonchev–Trinajstić information content (AvgIpc) is 2.92. The molecule has 0 N–H and O–H groups in total. The number of piperidine rings is 1. The molecular formula is C18H26N4O. The monoisotopic (exact) mass is 314 g/mol. The van der Waals surface area contributed by atoms with Crippen LogP contribution in [0.3, 0.4) is 0 Å². The highest BCUT2D eigenvalue weighted by atomic mass is 16.2. The van der Waals surface area contributed by atoms with Crippen LogP contribution in [0, 0.1) is 12.8 Å². The number of amides is 1. The van der Waals surface area contributed by atoms with Crippen LogP contribution in [0.5, 0.6) is 0 Å². The molecule has 1 fully saturated rings. The molecule has 0 spiro atoms. The second-order valence-corrected chi connectivity index (χ2v) is 7.81. The third kappa shape index (κ3) is 3.09. The largest absolute Gasteiger partial charge is 0.337 e. The molecule has 1 aliphatic rings. The minimum atomic E-state index is -0.0344. The van der Waals surface area contributed by atoms with Crippen LogP contribution < -0.4 is 0 Å². The highest BCUT2D eigenvalue weighted by Gasteiger charge is 2.24. The number of likely N-dealkylation sites (tertiary alicyclic amines) is 1. The van der Waals surface area contributed by atoms with Gasteiger partial charge < -0.3 is 4.90 Å². The summed E-state index contributed by atoms with van der Waals surface area (Å²) in [7, 11) is 0. The Labute approximate surface area is 137 Å². The van der Waals surface area contributed by atoms with E-state index in [2.05, 4.69) is 37.8 Å². The van der Waals surface area contributed by atoms with Gasteiger partial charge >= 0.3 is 0 Å². The zero-order valence-electron chi connectivity index (χ0n) is 14.8. The molecule has 1 aliphatic heterocycles. The van der Waals surface area contributed by atoms with Crippen molar-refractivity contribution in [1.82, 2.24) is 19.5 Å². The van der Waals surface area contributed by atoms with Crippen molar-refractivity contribution < 1.29 is 4.79 Å². The van der Waals surface area contributed by atoms with Crippen molar-refractivity contribution in [2.24, 2.45) is 5.92 Å². The van der Waals surface area contributed by atoms with E-state index >= 15 is 0 Å². The van der Waals surface area contributed by atoms with E-state index in [9.17, 15) is 4.79 Å². The fraction of sp³-hybridized carbons (Fsp3) is 0.611. The summed E-state index contributed by atoms with van der Waals surface area (Å²) >= 11 is 0. The fourth-order valence-electron chi connectivity index (χ4n) is 2.97. The van der Waals surface area contributed by atoms with Crippen molar-refractivity contribution >= 4 is 11.6 Å². The molecule has 3 heterocycles. The lowest BCUT2D eigenvalue weighted by atomic mass is 9.93. The molecular weight excluding hydrogens is 288 g/mol. The Morgan fingerprint density at radius 2 is 1.87 bits per heavy atom. The van der Waals surface area contributed by atoms with Crippen LogP contribution in [-0.4, -0.2) is 38.5 Å². The van der Waals surface area contributed by atoms with E-state index in [4.69, 9.17) is 0 Å². The molecule has 23 heavy (non-hydrogen) atoms. The number of hydrogen-bond donors (Lipinski definition) is 0. The van der Waals surface area contributed by atoms with Gasteiger partial charge in [-0.1, -0.05) is 27.7 Å². The minimum Gasteiger partial charge on any atom is -0.337 e. The van der Waals surface area contributed by atoms with Crippen molar-refractivity contribution in [3.8, 4) is 0 Å². The maximum atomic E-state index is 12.7. The summed E-state index contributed by atoms with van der Waals surface area (Å²) < 4.78 is 1.83. The summed E-state index contributed by atoms with van der Waals surface area (Å²) in [5.41, 5.74) is 3.19. The predicted molar refractivity (Wildman–Crippen MR) is 90.7 cm³/mol. The van der Waals surface area contributed by atoms with Gasteiger partial charge in [0, 0.05) is 30.3 Å². The first-order chi connectivity index (χ1) is 10.8. The van der Waals surface area contributed by atoms with Crippen molar-refractivity contribution in [2.45, 2.75) is 52.9 Å². The zero-order valence-corrected chi connectivity index (χ0v) is 14.8. The molecule has 5 heteroatoms. The number of carbonyl (C=O) groups is 1. The second-order valence-electron chi connectivity index (χ2n) is 7.81. The first-order valence-electron chi connectivity index (χ1n) is 8.43. The first kappa shape index (κ1) is 16.0. The van der Waals surface area contributed by atoms with Gasteiger partial charge in [-0.25, -0.2) is 9.50 Å². The molecule has 1 saturated heterocycles. The summed E-state index contributed by atoms with van der Waals surface area (Å²) in [5.74, 6) is 0.751. The summed E-state index contributed by atoms with van der Waals surface area (Å²) in [6.45, 7) is 12.3. The molecule has 2 aromatic rings. The molecule has 5 nitrogen and oxygen atoms in total. The van der Waals surface area contributed by atoms with E-state index in [1.807, 2.05) is 28.5 Å². The average molecular weight is 314 g/mol. The van der Waals surface area contributed by atoms with Crippen molar-refractivity contribution in [2.75, 3.05) is 13.1 Å². The third-order valence-electron chi connectivity index (χ3n) is 4.66. The van der Waals surface area contributed by atoms with E-state index in [1.165, 1.54) is 0 Å². The molecule has 0 radical (unpaired) electrons. The summed E-state index contributed by atoms with van der Waals surface area (Å²) in [6, 6.07) is 3.84.